The van der Waals surface area contributed by atoms with Crippen LogP contribution in [-0.4, -0.2) is 33.7 Å². The van der Waals surface area contributed by atoms with Crippen molar-refractivity contribution in [1.82, 2.24) is 4.83 Å². The van der Waals surface area contributed by atoms with Gasteiger partial charge in [-0.05, 0) is 29.8 Å². The lowest BCUT2D eigenvalue weighted by atomic mass is 10.2. The van der Waals surface area contributed by atoms with E-state index < -0.39 is 14.9 Å². The minimum Gasteiger partial charge on any atom is -0.378 e. The molecule has 126 valence electrons. The Morgan fingerprint density at radius 2 is 1.67 bits per heavy atom. The number of non-ortho nitro benzene ring substituents is 1. The Labute approximate surface area is 139 Å². The Kier molecular flexibility index (Phi) is 5.14. The Hall–Kier alpha value is -2.94. The van der Waals surface area contributed by atoms with Gasteiger partial charge >= 0.3 is 0 Å². The number of nitro groups is 1. The second-order valence-electron chi connectivity index (χ2n) is 5.09. The first-order valence-corrected chi connectivity index (χ1v) is 8.34. The van der Waals surface area contributed by atoms with E-state index in [1.807, 2.05) is 31.1 Å². The fraction of sp³-hybridized carbons (Fsp3) is 0.133. The molecule has 0 saturated carbocycles. The normalized spacial score (nSPS) is 11.4. The SMILES string of the molecule is CN(C)c1ccc(C=NNS(=O)(=O)c2ccc([N+](=O)[O-])cc2)cc1. The lowest BCUT2D eigenvalue weighted by Crippen LogP contribution is -2.18. The topological polar surface area (TPSA) is 105 Å². The molecule has 0 amide bonds. The first-order chi connectivity index (χ1) is 11.3. The standard InChI is InChI=1S/C15H16N4O4S/c1-18(2)13-5-3-12(4-6-13)11-16-17-24(22,23)15-9-7-14(8-10-15)19(20)21/h3-11,17H,1-2H3. The van der Waals surface area contributed by atoms with Gasteiger partial charge in [0.15, 0.2) is 0 Å². The second kappa shape index (κ2) is 7.09. The third-order valence-corrected chi connectivity index (χ3v) is 4.39. The zero-order valence-corrected chi connectivity index (χ0v) is 13.9. The van der Waals surface area contributed by atoms with Crippen molar-refractivity contribution in [3.63, 3.8) is 0 Å². The lowest BCUT2D eigenvalue weighted by molar-refractivity contribution is -0.384. The molecule has 0 fully saturated rings. The Bertz CT molecular complexity index is 844. The van der Waals surface area contributed by atoms with Crippen molar-refractivity contribution in [3.05, 3.63) is 64.2 Å². The fourth-order valence-corrected chi connectivity index (χ4v) is 2.62. The average Bonchev–Trinajstić information content (AvgIpc) is 2.55. The summed E-state index contributed by atoms with van der Waals surface area (Å²) >= 11 is 0. The molecule has 0 atom stereocenters. The van der Waals surface area contributed by atoms with Gasteiger partial charge in [-0.2, -0.15) is 13.5 Å². The van der Waals surface area contributed by atoms with Gasteiger partial charge < -0.3 is 4.90 Å². The van der Waals surface area contributed by atoms with Crippen molar-refractivity contribution in [2.45, 2.75) is 4.90 Å². The largest absolute Gasteiger partial charge is 0.378 e. The summed E-state index contributed by atoms with van der Waals surface area (Å²) < 4.78 is 24.1. The molecule has 0 aliphatic carbocycles. The molecule has 0 bridgehead atoms. The quantitative estimate of drug-likeness (QED) is 0.488. The first-order valence-electron chi connectivity index (χ1n) is 6.86. The summed E-state index contributed by atoms with van der Waals surface area (Å²) in [6.45, 7) is 0. The van der Waals surface area contributed by atoms with Crippen molar-refractivity contribution in [2.75, 3.05) is 19.0 Å². The number of rotatable bonds is 6. The highest BCUT2D eigenvalue weighted by molar-refractivity contribution is 7.89. The summed E-state index contributed by atoms with van der Waals surface area (Å²) in [6.07, 6.45) is 1.38. The monoisotopic (exact) mass is 348 g/mol. The Morgan fingerprint density at radius 1 is 1.08 bits per heavy atom. The molecule has 0 spiro atoms. The van der Waals surface area contributed by atoms with Crippen LogP contribution in [0.5, 0.6) is 0 Å². The maximum absolute atomic E-state index is 12.0. The van der Waals surface area contributed by atoms with Gasteiger partial charge in [-0.1, -0.05) is 12.1 Å². The van der Waals surface area contributed by atoms with E-state index in [2.05, 4.69) is 9.93 Å². The van der Waals surface area contributed by atoms with Gasteiger partial charge in [-0.15, -0.1) is 0 Å². The van der Waals surface area contributed by atoms with Crippen LogP contribution in [0.1, 0.15) is 5.56 Å². The molecule has 0 saturated heterocycles. The summed E-state index contributed by atoms with van der Waals surface area (Å²) in [7, 11) is -0.0371. The van der Waals surface area contributed by atoms with E-state index in [-0.39, 0.29) is 10.6 Å². The van der Waals surface area contributed by atoms with E-state index in [1.54, 1.807) is 12.1 Å². The molecule has 24 heavy (non-hydrogen) atoms. The van der Waals surface area contributed by atoms with Gasteiger partial charge in [-0.3, -0.25) is 10.1 Å². The van der Waals surface area contributed by atoms with Crippen LogP contribution in [0.25, 0.3) is 0 Å². The summed E-state index contributed by atoms with van der Waals surface area (Å²) in [4.78, 5) is 13.9. The van der Waals surface area contributed by atoms with E-state index in [0.717, 1.165) is 35.5 Å². The molecule has 0 aliphatic heterocycles. The molecule has 2 aromatic rings. The van der Waals surface area contributed by atoms with Crippen LogP contribution in [0.15, 0.2) is 58.5 Å². The predicted molar refractivity (Wildman–Crippen MR) is 91.8 cm³/mol. The average molecular weight is 348 g/mol. The number of benzene rings is 2. The molecule has 0 aliphatic rings. The molecule has 9 heteroatoms. The molecule has 0 unspecified atom stereocenters. The predicted octanol–water partition coefficient (Wildman–Crippen LogP) is 1.97. The van der Waals surface area contributed by atoms with E-state index in [1.165, 1.54) is 6.21 Å². The molecular weight excluding hydrogens is 332 g/mol. The lowest BCUT2D eigenvalue weighted by Gasteiger charge is -2.11. The van der Waals surface area contributed by atoms with Gasteiger partial charge in [0.2, 0.25) is 0 Å². The number of sulfonamides is 1. The van der Waals surface area contributed by atoms with Crippen LogP contribution in [-0.2, 0) is 10.0 Å². The highest BCUT2D eigenvalue weighted by Gasteiger charge is 2.14. The van der Waals surface area contributed by atoms with Crippen molar-refractivity contribution in [1.29, 1.82) is 0 Å². The highest BCUT2D eigenvalue weighted by atomic mass is 32.2. The maximum Gasteiger partial charge on any atom is 0.276 e. The zero-order valence-electron chi connectivity index (χ0n) is 13.1. The minimum atomic E-state index is -3.87. The molecule has 0 aromatic heterocycles. The van der Waals surface area contributed by atoms with Gasteiger partial charge in [0.05, 0.1) is 16.0 Å². The van der Waals surface area contributed by atoms with E-state index >= 15 is 0 Å². The number of anilines is 1. The third kappa shape index (κ3) is 4.29. The summed E-state index contributed by atoms with van der Waals surface area (Å²) in [5.41, 5.74) is 1.56. The number of hydrazone groups is 1. The van der Waals surface area contributed by atoms with Crippen LogP contribution in [0.3, 0.4) is 0 Å². The first kappa shape index (κ1) is 17.4. The summed E-state index contributed by atoms with van der Waals surface area (Å²) in [6, 6.07) is 11.9. The molecule has 8 nitrogen and oxygen atoms in total. The second-order valence-corrected chi connectivity index (χ2v) is 6.75. The van der Waals surface area contributed by atoms with Gasteiger partial charge in [0, 0.05) is 31.9 Å². The Balaban J connectivity index is 2.07. The van der Waals surface area contributed by atoms with Crippen LogP contribution in [0, 0.1) is 10.1 Å². The van der Waals surface area contributed by atoms with Crippen molar-refractivity contribution < 1.29 is 13.3 Å². The van der Waals surface area contributed by atoms with Crippen molar-refractivity contribution in [3.8, 4) is 0 Å². The maximum atomic E-state index is 12.0. The molecule has 2 aromatic carbocycles. The van der Waals surface area contributed by atoms with Crippen molar-refractivity contribution >= 4 is 27.6 Å². The zero-order chi connectivity index (χ0) is 17.7. The number of nitrogens with one attached hydrogen (secondary N) is 1. The number of nitrogens with zero attached hydrogens (tertiary/aromatic N) is 3. The smallest absolute Gasteiger partial charge is 0.276 e. The molecule has 1 N–H and O–H groups in total. The highest BCUT2D eigenvalue weighted by Crippen LogP contribution is 2.15. The summed E-state index contributed by atoms with van der Waals surface area (Å²) in [5, 5.41) is 14.3. The van der Waals surface area contributed by atoms with Gasteiger partial charge in [-0.25, -0.2) is 4.83 Å². The molecule has 0 radical (unpaired) electrons. The molecule has 2 rings (SSSR count). The minimum absolute atomic E-state index is 0.104. The Morgan fingerprint density at radius 3 is 2.17 bits per heavy atom. The fourth-order valence-electron chi connectivity index (χ4n) is 1.83. The summed E-state index contributed by atoms with van der Waals surface area (Å²) in [5.74, 6) is 0. The number of hydrogen-bond donors (Lipinski definition) is 1. The van der Waals surface area contributed by atoms with Crippen molar-refractivity contribution in [2.24, 2.45) is 5.10 Å². The van der Waals surface area contributed by atoms with Crippen LogP contribution in [0.2, 0.25) is 0 Å². The van der Waals surface area contributed by atoms with Crippen LogP contribution >= 0.6 is 0 Å². The molecule has 0 heterocycles. The van der Waals surface area contributed by atoms with E-state index in [9.17, 15) is 18.5 Å². The van der Waals surface area contributed by atoms with Crippen LogP contribution < -0.4 is 9.73 Å². The van der Waals surface area contributed by atoms with Crippen LogP contribution in [0.4, 0.5) is 11.4 Å². The number of hydrogen-bond acceptors (Lipinski definition) is 6. The number of nitro benzene ring substituents is 1. The third-order valence-electron chi connectivity index (χ3n) is 3.15. The van der Waals surface area contributed by atoms with Gasteiger partial charge in [0.25, 0.3) is 15.7 Å². The van der Waals surface area contributed by atoms with E-state index in [0.29, 0.717) is 0 Å². The molecular formula is C15H16N4O4S. The van der Waals surface area contributed by atoms with Gasteiger partial charge in [0.1, 0.15) is 0 Å². The van der Waals surface area contributed by atoms with E-state index in [4.69, 9.17) is 0 Å².